The normalized spacial score (nSPS) is 20.9. The average Bonchev–Trinajstić information content (AvgIpc) is 2.99. The number of hydrogen-bond acceptors (Lipinski definition) is 3. The zero-order valence-corrected chi connectivity index (χ0v) is 13.4. The molecule has 20 heavy (non-hydrogen) atoms. The third-order valence-corrected chi connectivity index (χ3v) is 3.80. The van der Waals surface area contributed by atoms with Crippen molar-refractivity contribution in [2.45, 2.75) is 38.3 Å². The topological polar surface area (TPSA) is 64.2 Å². The van der Waals surface area contributed by atoms with Crippen LogP contribution in [0.25, 0.3) is 0 Å². The lowest BCUT2D eigenvalue weighted by Crippen LogP contribution is -2.34. The second kappa shape index (κ2) is 9.21. The van der Waals surface area contributed by atoms with Crippen molar-refractivity contribution in [3.05, 3.63) is 18.5 Å². The summed E-state index contributed by atoms with van der Waals surface area (Å²) in [5.41, 5.74) is 5.99. The number of likely N-dealkylation sites (N-methyl/N-ethyl adjacent to an activating group) is 1. The molecule has 1 amide bonds. The minimum atomic E-state index is 0. The molecule has 0 unspecified atom stereocenters. The highest BCUT2D eigenvalue weighted by molar-refractivity contribution is 5.85. The SMILES string of the molecule is CN(CCn1cccn1)C(=O)C[C@@H]1CCC[C@H]1N.Cl.Cl. The number of nitrogens with zero attached hydrogens (tertiary/aromatic N) is 3. The van der Waals surface area contributed by atoms with Gasteiger partial charge in [-0.05, 0) is 24.8 Å². The predicted molar refractivity (Wildman–Crippen MR) is 84.3 cm³/mol. The van der Waals surface area contributed by atoms with Crippen molar-refractivity contribution < 1.29 is 4.79 Å². The Bertz CT molecular complexity index is 386. The molecule has 0 radical (unpaired) electrons. The summed E-state index contributed by atoms with van der Waals surface area (Å²) in [6.07, 6.45) is 7.58. The van der Waals surface area contributed by atoms with E-state index in [0.717, 1.165) is 25.8 Å². The van der Waals surface area contributed by atoms with Gasteiger partial charge in [0.1, 0.15) is 0 Å². The summed E-state index contributed by atoms with van der Waals surface area (Å²) < 4.78 is 1.84. The van der Waals surface area contributed by atoms with E-state index in [2.05, 4.69) is 5.10 Å². The van der Waals surface area contributed by atoms with Crippen LogP contribution < -0.4 is 5.73 Å². The summed E-state index contributed by atoms with van der Waals surface area (Å²) in [6, 6.07) is 2.10. The summed E-state index contributed by atoms with van der Waals surface area (Å²) in [6.45, 7) is 1.44. The van der Waals surface area contributed by atoms with Gasteiger partial charge >= 0.3 is 0 Å². The van der Waals surface area contributed by atoms with Crippen LogP contribution in [0.3, 0.4) is 0 Å². The fraction of sp³-hybridized carbons (Fsp3) is 0.692. The van der Waals surface area contributed by atoms with Gasteiger partial charge in [0.05, 0.1) is 6.54 Å². The van der Waals surface area contributed by atoms with Gasteiger partial charge in [0.25, 0.3) is 0 Å². The molecule has 116 valence electrons. The Morgan fingerprint density at radius 3 is 2.75 bits per heavy atom. The van der Waals surface area contributed by atoms with Crippen LogP contribution in [0.5, 0.6) is 0 Å². The highest BCUT2D eigenvalue weighted by Gasteiger charge is 2.26. The number of aromatic nitrogens is 2. The molecule has 2 atom stereocenters. The van der Waals surface area contributed by atoms with Gasteiger partial charge in [-0.25, -0.2) is 0 Å². The molecule has 2 rings (SSSR count). The van der Waals surface area contributed by atoms with Gasteiger partial charge < -0.3 is 10.6 Å². The Morgan fingerprint density at radius 1 is 1.45 bits per heavy atom. The van der Waals surface area contributed by atoms with E-state index in [1.54, 1.807) is 11.1 Å². The second-order valence-corrected chi connectivity index (χ2v) is 5.14. The molecule has 0 bridgehead atoms. The van der Waals surface area contributed by atoms with Gasteiger partial charge in [0, 0.05) is 38.4 Å². The van der Waals surface area contributed by atoms with Gasteiger partial charge in [-0.2, -0.15) is 5.10 Å². The lowest BCUT2D eigenvalue weighted by Gasteiger charge is -2.21. The number of amides is 1. The molecule has 1 aliphatic rings. The highest BCUT2D eigenvalue weighted by Crippen LogP contribution is 2.27. The molecule has 0 aromatic carbocycles. The molecule has 0 aliphatic heterocycles. The minimum absolute atomic E-state index is 0. The van der Waals surface area contributed by atoms with E-state index in [0.29, 0.717) is 18.9 Å². The number of hydrogen-bond donors (Lipinski definition) is 1. The summed E-state index contributed by atoms with van der Waals surface area (Å²) in [5, 5.41) is 4.12. The highest BCUT2D eigenvalue weighted by atomic mass is 35.5. The average molecular weight is 323 g/mol. The van der Waals surface area contributed by atoms with Gasteiger partial charge in [-0.1, -0.05) is 6.42 Å². The minimum Gasteiger partial charge on any atom is -0.344 e. The largest absolute Gasteiger partial charge is 0.344 e. The molecule has 0 saturated heterocycles. The summed E-state index contributed by atoms with van der Waals surface area (Å²) in [4.78, 5) is 13.8. The van der Waals surface area contributed by atoms with Crippen molar-refractivity contribution in [3.8, 4) is 0 Å². The molecule has 1 saturated carbocycles. The first-order valence-corrected chi connectivity index (χ1v) is 6.64. The van der Waals surface area contributed by atoms with E-state index in [4.69, 9.17) is 5.73 Å². The fourth-order valence-electron chi connectivity index (χ4n) is 2.51. The molecule has 2 N–H and O–H groups in total. The Labute approximate surface area is 132 Å². The maximum absolute atomic E-state index is 12.0. The first kappa shape index (κ1) is 19.2. The van der Waals surface area contributed by atoms with Crippen LogP contribution in [0.2, 0.25) is 0 Å². The number of halogens is 2. The molecule has 7 heteroatoms. The van der Waals surface area contributed by atoms with Crippen LogP contribution >= 0.6 is 24.8 Å². The van der Waals surface area contributed by atoms with Gasteiger partial charge in [0.2, 0.25) is 5.91 Å². The number of rotatable bonds is 5. The Kier molecular flexibility index (Phi) is 8.85. The quantitative estimate of drug-likeness (QED) is 0.897. The smallest absolute Gasteiger partial charge is 0.222 e. The molecule has 0 spiro atoms. The predicted octanol–water partition coefficient (Wildman–Crippen LogP) is 1.70. The van der Waals surface area contributed by atoms with Crippen molar-refractivity contribution in [2.75, 3.05) is 13.6 Å². The molecular formula is C13H24Cl2N4O. The number of carbonyl (C=O) groups is 1. The maximum atomic E-state index is 12.0. The van der Waals surface area contributed by atoms with E-state index in [1.165, 1.54) is 0 Å². The summed E-state index contributed by atoms with van der Waals surface area (Å²) in [5.74, 6) is 0.578. The molecule has 1 aliphatic carbocycles. The molecule has 1 fully saturated rings. The molecular weight excluding hydrogens is 299 g/mol. The van der Waals surface area contributed by atoms with Crippen LogP contribution in [0.1, 0.15) is 25.7 Å². The molecule has 5 nitrogen and oxygen atoms in total. The maximum Gasteiger partial charge on any atom is 0.222 e. The first-order valence-electron chi connectivity index (χ1n) is 6.64. The zero-order chi connectivity index (χ0) is 13.0. The lowest BCUT2D eigenvalue weighted by atomic mass is 9.99. The van der Waals surface area contributed by atoms with E-state index in [1.807, 2.05) is 24.0 Å². The van der Waals surface area contributed by atoms with E-state index >= 15 is 0 Å². The van der Waals surface area contributed by atoms with Crippen molar-refractivity contribution in [3.63, 3.8) is 0 Å². The zero-order valence-electron chi connectivity index (χ0n) is 11.8. The van der Waals surface area contributed by atoms with Crippen molar-refractivity contribution >= 4 is 30.7 Å². The van der Waals surface area contributed by atoms with Crippen molar-refractivity contribution in [2.24, 2.45) is 11.7 Å². The van der Waals surface area contributed by atoms with Gasteiger partial charge in [-0.15, -0.1) is 24.8 Å². The second-order valence-electron chi connectivity index (χ2n) is 5.14. The van der Waals surface area contributed by atoms with Gasteiger partial charge in [-0.3, -0.25) is 9.48 Å². The van der Waals surface area contributed by atoms with Crippen molar-refractivity contribution in [1.29, 1.82) is 0 Å². The monoisotopic (exact) mass is 322 g/mol. The van der Waals surface area contributed by atoms with Crippen LogP contribution in [0, 0.1) is 5.92 Å². The van der Waals surface area contributed by atoms with Crippen LogP contribution in [-0.4, -0.2) is 40.2 Å². The Morgan fingerprint density at radius 2 is 2.20 bits per heavy atom. The Hall–Kier alpha value is -0.780. The lowest BCUT2D eigenvalue weighted by molar-refractivity contribution is -0.131. The van der Waals surface area contributed by atoms with E-state index < -0.39 is 0 Å². The van der Waals surface area contributed by atoms with Crippen LogP contribution in [0.4, 0.5) is 0 Å². The number of nitrogens with two attached hydrogens (primary N) is 1. The first-order chi connectivity index (χ1) is 8.66. The van der Waals surface area contributed by atoms with Crippen LogP contribution in [-0.2, 0) is 11.3 Å². The van der Waals surface area contributed by atoms with Crippen molar-refractivity contribution in [1.82, 2.24) is 14.7 Å². The fourth-order valence-corrected chi connectivity index (χ4v) is 2.51. The van der Waals surface area contributed by atoms with Gasteiger partial charge in [0.15, 0.2) is 0 Å². The Balaban J connectivity index is 0.00000180. The number of carbonyl (C=O) groups excluding carboxylic acids is 1. The third kappa shape index (κ3) is 5.31. The third-order valence-electron chi connectivity index (χ3n) is 3.80. The van der Waals surface area contributed by atoms with E-state index in [9.17, 15) is 4.79 Å². The summed E-state index contributed by atoms with van der Waals surface area (Å²) in [7, 11) is 1.85. The van der Waals surface area contributed by atoms with Crippen LogP contribution in [0.15, 0.2) is 18.5 Å². The molecule has 1 aromatic heterocycles. The molecule has 1 aromatic rings. The van der Waals surface area contributed by atoms with E-state index in [-0.39, 0.29) is 36.8 Å². The molecule has 1 heterocycles. The standard InChI is InChI=1S/C13H22N4O.2ClH/c1-16(8-9-17-7-3-6-15-17)13(18)10-11-4-2-5-12(11)14;;/h3,6-7,11-12H,2,4-5,8-10,14H2,1H3;2*1H/t11-,12+;;/m0../s1. The summed E-state index contributed by atoms with van der Waals surface area (Å²) >= 11 is 0.